The van der Waals surface area contributed by atoms with Gasteiger partial charge in [0.05, 0.1) is 0 Å². The number of aliphatic carboxylic acids is 1. The number of para-hydroxylation sites is 1. The van der Waals surface area contributed by atoms with E-state index in [2.05, 4.69) is 59.0 Å². The first-order valence-corrected chi connectivity index (χ1v) is 12.4. The molecule has 1 fully saturated rings. The second-order valence-corrected chi connectivity index (χ2v) is 9.28. The van der Waals surface area contributed by atoms with Gasteiger partial charge in [-0.05, 0) is 73.5 Å². The lowest BCUT2D eigenvalue weighted by atomic mass is 9.89. The molecule has 0 bridgehead atoms. The molecule has 0 amide bonds. The van der Waals surface area contributed by atoms with E-state index in [0.717, 1.165) is 38.2 Å². The van der Waals surface area contributed by atoms with Gasteiger partial charge in [-0.25, -0.2) is 4.79 Å². The van der Waals surface area contributed by atoms with Gasteiger partial charge in [-0.2, -0.15) is 0 Å². The third-order valence-corrected chi connectivity index (χ3v) is 6.96. The van der Waals surface area contributed by atoms with Gasteiger partial charge in [0, 0.05) is 36.3 Å². The maximum absolute atomic E-state index is 10.7. The number of rotatable bonds is 10. The van der Waals surface area contributed by atoms with Crippen LogP contribution in [0.3, 0.4) is 0 Å². The van der Waals surface area contributed by atoms with Crippen molar-refractivity contribution >= 4 is 22.9 Å². The van der Waals surface area contributed by atoms with Crippen LogP contribution in [0.15, 0.2) is 60.8 Å². The Hall–Kier alpha value is -2.85. The first kappa shape index (κ1) is 23.3. The molecule has 2 heterocycles. The zero-order valence-electron chi connectivity index (χ0n) is 19.7. The van der Waals surface area contributed by atoms with Gasteiger partial charge in [0.2, 0.25) is 0 Å². The van der Waals surface area contributed by atoms with E-state index in [4.69, 9.17) is 5.11 Å². The number of likely N-dealkylation sites (tertiary alicyclic amines) is 1. The summed E-state index contributed by atoms with van der Waals surface area (Å²) < 4.78 is 2.49. The van der Waals surface area contributed by atoms with E-state index in [1.54, 1.807) is 11.6 Å². The Balaban J connectivity index is 1.32. The molecule has 174 valence electrons. The smallest absolute Gasteiger partial charge is 0.328 e. The molecular formula is C29H36N2O2. The SMILES string of the molecule is CCCCCn1cc(C2CCN(CCc3ccc(C=CC(=O)O)cc3)CC2)c2ccccc21. The van der Waals surface area contributed by atoms with Crippen molar-refractivity contribution in [2.75, 3.05) is 19.6 Å². The molecule has 0 spiro atoms. The van der Waals surface area contributed by atoms with Crippen LogP contribution in [0.1, 0.15) is 61.6 Å². The van der Waals surface area contributed by atoms with Gasteiger partial charge in [-0.15, -0.1) is 0 Å². The molecule has 1 N–H and O–H groups in total. The molecule has 33 heavy (non-hydrogen) atoms. The van der Waals surface area contributed by atoms with Crippen molar-refractivity contribution < 1.29 is 9.90 Å². The van der Waals surface area contributed by atoms with Crippen LogP contribution in [0, 0.1) is 0 Å². The Labute approximate surface area is 197 Å². The van der Waals surface area contributed by atoms with Crippen LogP contribution in [0.25, 0.3) is 17.0 Å². The number of aryl methyl sites for hydroxylation is 1. The molecule has 1 aromatic heterocycles. The van der Waals surface area contributed by atoms with Gasteiger partial charge in [0.25, 0.3) is 0 Å². The molecule has 0 aliphatic carbocycles. The van der Waals surface area contributed by atoms with E-state index in [1.807, 2.05) is 12.1 Å². The van der Waals surface area contributed by atoms with Gasteiger partial charge >= 0.3 is 5.97 Å². The number of carboxylic acids is 1. The van der Waals surface area contributed by atoms with E-state index < -0.39 is 5.97 Å². The number of hydrogen-bond acceptors (Lipinski definition) is 2. The Morgan fingerprint density at radius 3 is 2.52 bits per heavy atom. The maximum atomic E-state index is 10.7. The molecule has 0 saturated carbocycles. The highest BCUT2D eigenvalue weighted by Gasteiger charge is 2.23. The zero-order valence-corrected chi connectivity index (χ0v) is 19.7. The van der Waals surface area contributed by atoms with Crippen molar-refractivity contribution in [3.8, 4) is 0 Å². The molecule has 2 aromatic carbocycles. The van der Waals surface area contributed by atoms with Crippen LogP contribution in [-0.2, 0) is 17.8 Å². The summed E-state index contributed by atoms with van der Waals surface area (Å²) in [6.45, 7) is 6.77. The molecule has 4 nitrogen and oxygen atoms in total. The lowest BCUT2D eigenvalue weighted by Gasteiger charge is -2.32. The van der Waals surface area contributed by atoms with Crippen LogP contribution in [0.5, 0.6) is 0 Å². The number of fused-ring (bicyclic) bond motifs is 1. The Morgan fingerprint density at radius 1 is 1.03 bits per heavy atom. The summed E-state index contributed by atoms with van der Waals surface area (Å²) in [6, 6.07) is 17.2. The summed E-state index contributed by atoms with van der Waals surface area (Å²) >= 11 is 0. The molecule has 1 aliphatic heterocycles. The number of carboxylic acid groups (broad SMARTS) is 1. The number of benzene rings is 2. The van der Waals surface area contributed by atoms with Gasteiger partial charge in [0.1, 0.15) is 0 Å². The molecule has 4 rings (SSSR count). The van der Waals surface area contributed by atoms with Crippen molar-refractivity contribution in [1.29, 1.82) is 0 Å². The zero-order chi connectivity index (χ0) is 23.0. The summed E-state index contributed by atoms with van der Waals surface area (Å²) in [5.41, 5.74) is 5.18. The summed E-state index contributed by atoms with van der Waals surface area (Å²) in [7, 11) is 0. The van der Waals surface area contributed by atoms with Gasteiger partial charge < -0.3 is 14.6 Å². The Bertz CT molecular complexity index is 1070. The summed E-state index contributed by atoms with van der Waals surface area (Å²) in [5, 5.41) is 10.2. The third-order valence-electron chi connectivity index (χ3n) is 6.96. The highest BCUT2D eigenvalue weighted by molar-refractivity contribution is 5.85. The number of piperidine rings is 1. The molecule has 0 atom stereocenters. The number of hydrogen-bond donors (Lipinski definition) is 1. The number of nitrogens with zero attached hydrogens (tertiary/aromatic N) is 2. The van der Waals surface area contributed by atoms with E-state index in [-0.39, 0.29) is 0 Å². The largest absolute Gasteiger partial charge is 0.478 e. The number of aromatic nitrogens is 1. The van der Waals surface area contributed by atoms with E-state index in [9.17, 15) is 4.79 Å². The van der Waals surface area contributed by atoms with Gasteiger partial charge in [0.15, 0.2) is 0 Å². The second-order valence-electron chi connectivity index (χ2n) is 9.28. The van der Waals surface area contributed by atoms with Crippen molar-refractivity contribution in [2.24, 2.45) is 0 Å². The molecule has 4 heteroatoms. The highest BCUT2D eigenvalue weighted by Crippen LogP contribution is 2.34. The molecule has 0 radical (unpaired) electrons. The fourth-order valence-corrected chi connectivity index (χ4v) is 5.04. The fraction of sp³-hybridized carbons (Fsp3) is 0.414. The molecular weight excluding hydrogens is 408 g/mol. The highest BCUT2D eigenvalue weighted by atomic mass is 16.4. The van der Waals surface area contributed by atoms with Crippen molar-refractivity contribution in [2.45, 2.75) is 57.9 Å². The topological polar surface area (TPSA) is 45.5 Å². The van der Waals surface area contributed by atoms with E-state index in [0.29, 0.717) is 5.92 Å². The summed E-state index contributed by atoms with van der Waals surface area (Å²) in [6.07, 6.45) is 12.6. The minimum absolute atomic E-state index is 0.652. The minimum Gasteiger partial charge on any atom is -0.478 e. The lowest BCUT2D eigenvalue weighted by molar-refractivity contribution is -0.131. The minimum atomic E-state index is -0.913. The predicted octanol–water partition coefficient (Wildman–Crippen LogP) is 6.35. The molecule has 1 aliphatic rings. The van der Waals surface area contributed by atoms with Gasteiger partial charge in [-0.3, -0.25) is 0 Å². The van der Waals surface area contributed by atoms with E-state index >= 15 is 0 Å². The normalized spacial score (nSPS) is 15.5. The van der Waals surface area contributed by atoms with Crippen LogP contribution >= 0.6 is 0 Å². The first-order valence-electron chi connectivity index (χ1n) is 12.4. The van der Waals surface area contributed by atoms with Gasteiger partial charge in [-0.1, -0.05) is 62.2 Å². The fourth-order valence-electron chi connectivity index (χ4n) is 5.04. The lowest BCUT2D eigenvalue weighted by Crippen LogP contribution is -2.34. The monoisotopic (exact) mass is 444 g/mol. The maximum Gasteiger partial charge on any atom is 0.328 e. The summed E-state index contributed by atoms with van der Waals surface area (Å²) in [4.78, 5) is 13.2. The second kappa shape index (κ2) is 11.3. The average Bonchev–Trinajstić information content (AvgIpc) is 3.21. The number of unbranched alkanes of at least 4 members (excludes halogenated alkanes) is 2. The van der Waals surface area contributed by atoms with Crippen molar-refractivity contribution in [1.82, 2.24) is 9.47 Å². The Kier molecular flexibility index (Phi) is 8.01. The third kappa shape index (κ3) is 6.14. The molecule has 3 aromatic rings. The van der Waals surface area contributed by atoms with Crippen LogP contribution in [0.2, 0.25) is 0 Å². The van der Waals surface area contributed by atoms with Crippen LogP contribution < -0.4 is 0 Å². The molecule has 1 saturated heterocycles. The van der Waals surface area contributed by atoms with Crippen LogP contribution in [0.4, 0.5) is 0 Å². The van der Waals surface area contributed by atoms with Crippen molar-refractivity contribution in [3.63, 3.8) is 0 Å². The average molecular weight is 445 g/mol. The Morgan fingerprint density at radius 2 is 1.79 bits per heavy atom. The number of carbonyl (C=O) groups is 1. The first-order chi connectivity index (χ1) is 16.1. The predicted molar refractivity (Wildman–Crippen MR) is 137 cm³/mol. The van der Waals surface area contributed by atoms with Crippen LogP contribution in [-0.4, -0.2) is 40.2 Å². The standard InChI is InChI=1S/C29H36N2O2/c1-2-3-6-18-31-22-27(26-7-4-5-8-28(26)31)25-16-20-30(21-17-25)19-15-24-11-9-23(10-12-24)13-14-29(32)33/h4-5,7-14,22,25H,2-3,6,15-21H2,1H3,(H,32,33). The quantitative estimate of drug-likeness (QED) is 0.293. The molecule has 0 unspecified atom stereocenters. The van der Waals surface area contributed by atoms with Crippen molar-refractivity contribution in [3.05, 3.63) is 77.5 Å². The summed E-state index contributed by atoms with van der Waals surface area (Å²) in [5.74, 6) is -0.262. The van der Waals surface area contributed by atoms with E-state index in [1.165, 1.54) is 54.6 Å².